The Hall–Kier alpha value is -0.820. The van der Waals surface area contributed by atoms with Crippen LogP contribution in [0.4, 0.5) is 0 Å². The van der Waals surface area contributed by atoms with Crippen LogP contribution in [0.1, 0.15) is 37.0 Å². The van der Waals surface area contributed by atoms with Crippen molar-refractivity contribution in [3.8, 4) is 0 Å². The molecule has 0 amide bonds. The minimum atomic E-state index is -0.684. The average molecular weight is 178 g/mol. The Kier molecular flexibility index (Phi) is 2.77. The van der Waals surface area contributed by atoms with E-state index in [1.165, 1.54) is 11.1 Å². The highest BCUT2D eigenvalue weighted by atomic mass is 16.3. The van der Waals surface area contributed by atoms with Crippen LogP contribution >= 0.6 is 0 Å². The molecular weight excluding hydrogens is 160 g/mol. The summed E-state index contributed by atoms with van der Waals surface area (Å²) < 4.78 is 0. The Balaban J connectivity index is 3.22. The molecule has 72 valence electrons. The molecule has 1 aromatic carbocycles. The molecule has 1 atom stereocenters. The summed E-state index contributed by atoms with van der Waals surface area (Å²) in [5, 5.41) is 10.1. The van der Waals surface area contributed by atoms with Crippen molar-refractivity contribution in [3.63, 3.8) is 0 Å². The maximum Gasteiger partial charge on any atom is 0.0868 e. The molecular formula is C12H18O. The quantitative estimate of drug-likeness (QED) is 0.738. The largest absolute Gasteiger partial charge is 0.385 e. The Morgan fingerprint density at radius 2 is 1.92 bits per heavy atom. The molecule has 13 heavy (non-hydrogen) atoms. The van der Waals surface area contributed by atoms with E-state index in [2.05, 4.69) is 19.9 Å². The van der Waals surface area contributed by atoms with Crippen LogP contribution in [0, 0.1) is 13.8 Å². The Labute approximate surface area is 80.4 Å². The van der Waals surface area contributed by atoms with Gasteiger partial charge < -0.3 is 5.11 Å². The van der Waals surface area contributed by atoms with Crippen LogP contribution in [-0.2, 0) is 5.60 Å². The van der Waals surface area contributed by atoms with Crippen molar-refractivity contribution in [3.05, 3.63) is 34.9 Å². The molecule has 1 rings (SSSR count). The highest BCUT2D eigenvalue weighted by Gasteiger charge is 2.22. The summed E-state index contributed by atoms with van der Waals surface area (Å²) >= 11 is 0. The number of hydrogen-bond donors (Lipinski definition) is 1. The summed E-state index contributed by atoms with van der Waals surface area (Å²) in [4.78, 5) is 0. The predicted octanol–water partition coefficient (Wildman–Crippen LogP) is 2.92. The Bertz CT molecular complexity index is 300. The van der Waals surface area contributed by atoms with Crippen molar-refractivity contribution in [1.29, 1.82) is 0 Å². The monoisotopic (exact) mass is 178 g/mol. The minimum absolute atomic E-state index is 0.684. The molecule has 0 aliphatic carbocycles. The Morgan fingerprint density at radius 1 is 1.31 bits per heavy atom. The van der Waals surface area contributed by atoms with Gasteiger partial charge in [-0.2, -0.15) is 0 Å². The van der Waals surface area contributed by atoms with Crippen molar-refractivity contribution < 1.29 is 5.11 Å². The van der Waals surface area contributed by atoms with E-state index >= 15 is 0 Å². The number of benzene rings is 1. The second kappa shape index (κ2) is 3.51. The molecule has 0 aliphatic heterocycles. The third-order valence-electron chi connectivity index (χ3n) is 2.87. The zero-order valence-corrected chi connectivity index (χ0v) is 8.89. The van der Waals surface area contributed by atoms with Gasteiger partial charge in [-0.1, -0.05) is 25.1 Å². The fourth-order valence-corrected chi connectivity index (χ4v) is 1.53. The lowest BCUT2D eigenvalue weighted by atomic mass is 9.88. The van der Waals surface area contributed by atoms with Gasteiger partial charge in [-0.25, -0.2) is 0 Å². The third-order valence-corrected chi connectivity index (χ3v) is 2.87. The molecule has 0 radical (unpaired) electrons. The van der Waals surface area contributed by atoms with Gasteiger partial charge in [0.15, 0.2) is 0 Å². The highest BCUT2D eigenvalue weighted by Crippen LogP contribution is 2.28. The number of rotatable bonds is 2. The van der Waals surface area contributed by atoms with Gasteiger partial charge in [-0.15, -0.1) is 0 Å². The second-order valence-corrected chi connectivity index (χ2v) is 3.87. The van der Waals surface area contributed by atoms with Crippen LogP contribution in [0.15, 0.2) is 18.2 Å². The molecule has 1 aromatic rings. The first kappa shape index (κ1) is 10.3. The van der Waals surface area contributed by atoms with Crippen LogP contribution in [0.5, 0.6) is 0 Å². The predicted molar refractivity (Wildman–Crippen MR) is 55.8 cm³/mol. The molecule has 0 aliphatic rings. The SMILES string of the molecule is CC[C@](C)(O)c1cccc(C)c1C. The van der Waals surface area contributed by atoms with E-state index < -0.39 is 5.60 Å². The van der Waals surface area contributed by atoms with Crippen LogP contribution in [0.25, 0.3) is 0 Å². The van der Waals surface area contributed by atoms with E-state index in [1.54, 1.807) is 0 Å². The van der Waals surface area contributed by atoms with E-state index in [9.17, 15) is 5.11 Å². The first-order chi connectivity index (χ1) is 5.99. The second-order valence-electron chi connectivity index (χ2n) is 3.87. The molecule has 0 spiro atoms. The molecule has 0 aromatic heterocycles. The first-order valence-corrected chi connectivity index (χ1v) is 4.78. The molecule has 0 saturated carbocycles. The van der Waals surface area contributed by atoms with Gasteiger partial charge >= 0.3 is 0 Å². The van der Waals surface area contributed by atoms with E-state index in [4.69, 9.17) is 0 Å². The summed E-state index contributed by atoms with van der Waals surface area (Å²) in [6.45, 7) is 8.01. The van der Waals surface area contributed by atoms with Crippen molar-refractivity contribution in [2.75, 3.05) is 0 Å². The third kappa shape index (κ3) is 1.92. The lowest BCUT2D eigenvalue weighted by Crippen LogP contribution is -2.21. The highest BCUT2D eigenvalue weighted by molar-refractivity contribution is 5.36. The van der Waals surface area contributed by atoms with Crippen LogP contribution < -0.4 is 0 Å². The van der Waals surface area contributed by atoms with Gasteiger partial charge in [0.2, 0.25) is 0 Å². The molecule has 0 heterocycles. The fourth-order valence-electron chi connectivity index (χ4n) is 1.53. The van der Waals surface area contributed by atoms with Crippen molar-refractivity contribution in [1.82, 2.24) is 0 Å². The maximum atomic E-state index is 10.1. The summed E-state index contributed by atoms with van der Waals surface area (Å²) in [6, 6.07) is 6.08. The first-order valence-electron chi connectivity index (χ1n) is 4.78. The van der Waals surface area contributed by atoms with Gasteiger partial charge in [-0.3, -0.25) is 0 Å². The molecule has 1 heteroatoms. The Morgan fingerprint density at radius 3 is 2.46 bits per heavy atom. The van der Waals surface area contributed by atoms with Crippen molar-refractivity contribution in [2.24, 2.45) is 0 Å². The molecule has 1 N–H and O–H groups in total. The average Bonchev–Trinajstić information content (AvgIpc) is 2.09. The fraction of sp³-hybridized carbons (Fsp3) is 0.500. The van der Waals surface area contributed by atoms with Crippen LogP contribution in [-0.4, -0.2) is 5.11 Å². The van der Waals surface area contributed by atoms with Gasteiger partial charge in [0.1, 0.15) is 0 Å². The summed E-state index contributed by atoms with van der Waals surface area (Å²) in [7, 11) is 0. The number of aliphatic hydroxyl groups is 1. The molecule has 0 bridgehead atoms. The van der Waals surface area contributed by atoms with Gasteiger partial charge in [-0.05, 0) is 43.9 Å². The smallest absolute Gasteiger partial charge is 0.0868 e. The maximum absolute atomic E-state index is 10.1. The van der Waals surface area contributed by atoms with Gasteiger partial charge in [0.25, 0.3) is 0 Å². The van der Waals surface area contributed by atoms with E-state index in [0.29, 0.717) is 0 Å². The van der Waals surface area contributed by atoms with Gasteiger partial charge in [0, 0.05) is 0 Å². The van der Waals surface area contributed by atoms with E-state index in [0.717, 1.165) is 12.0 Å². The normalized spacial score (nSPS) is 15.5. The van der Waals surface area contributed by atoms with Gasteiger partial charge in [0.05, 0.1) is 5.60 Å². The van der Waals surface area contributed by atoms with E-state index in [-0.39, 0.29) is 0 Å². The number of aryl methyl sites for hydroxylation is 1. The summed E-state index contributed by atoms with van der Waals surface area (Å²) in [5.74, 6) is 0. The lowest BCUT2D eigenvalue weighted by molar-refractivity contribution is 0.0524. The standard InChI is InChI=1S/C12H18O/c1-5-12(4,13)11-8-6-7-9(2)10(11)3/h6-8,13H,5H2,1-4H3/t12-/m0/s1. The molecule has 0 saturated heterocycles. The topological polar surface area (TPSA) is 20.2 Å². The zero-order valence-electron chi connectivity index (χ0n) is 8.89. The molecule has 1 nitrogen and oxygen atoms in total. The zero-order chi connectivity index (χ0) is 10.1. The summed E-state index contributed by atoms with van der Waals surface area (Å²) in [5.41, 5.74) is 2.81. The number of hydrogen-bond acceptors (Lipinski definition) is 1. The van der Waals surface area contributed by atoms with Crippen LogP contribution in [0.3, 0.4) is 0 Å². The minimum Gasteiger partial charge on any atom is -0.385 e. The van der Waals surface area contributed by atoms with Crippen molar-refractivity contribution >= 4 is 0 Å². The van der Waals surface area contributed by atoms with E-state index in [1.807, 2.05) is 26.0 Å². The molecule has 0 unspecified atom stereocenters. The lowest BCUT2D eigenvalue weighted by Gasteiger charge is -2.24. The van der Waals surface area contributed by atoms with Crippen molar-refractivity contribution in [2.45, 2.75) is 39.7 Å². The van der Waals surface area contributed by atoms with Crippen LogP contribution in [0.2, 0.25) is 0 Å². The summed E-state index contributed by atoms with van der Waals surface area (Å²) in [6.07, 6.45) is 0.747. The molecule has 0 fully saturated rings.